The van der Waals surface area contributed by atoms with Crippen LogP contribution in [0.5, 0.6) is 0 Å². The Kier molecular flexibility index (Phi) is 5.11. The maximum Gasteiger partial charge on any atom is 0.0413 e. The van der Waals surface area contributed by atoms with E-state index in [2.05, 4.69) is 122 Å². The van der Waals surface area contributed by atoms with Gasteiger partial charge in [-0.2, -0.15) is 0 Å². The molecule has 0 heterocycles. The molecule has 0 saturated heterocycles. The highest BCUT2D eigenvalue weighted by atomic mass is 14.9. The van der Waals surface area contributed by atoms with Gasteiger partial charge < -0.3 is 10.6 Å². The molecule has 0 fully saturated rings. The number of benzene rings is 4. The van der Waals surface area contributed by atoms with E-state index in [1.54, 1.807) is 0 Å². The Bertz CT molecular complexity index is 975. The average molecular weight is 364 g/mol. The molecule has 4 aromatic carbocycles. The molecule has 0 saturated carbocycles. The van der Waals surface area contributed by atoms with Crippen molar-refractivity contribution in [3.05, 3.63) is 108 Å². The van der Waals surface area contributed by atoms with E-state index < -0.39 is 0 Å². The topological polar surface area (TPSA) is 24.1 Å². The van der Waals surface area contributed by atoms with Crippen LogP contribution >= 0.6 is 0 Å². The lowest BCUT2D eigenvalue weighted by molar-refractivity contribution is 1.43. The number of para-hydroxylation sites is 2. The molecule has 0 aliphatic heterocycles. The van der Waals surface area contributed by atoms with Crippen LogP contribution in [-0.2, 0) is 0 Å². The molecule has 4 aromatic rings. The quantitative estimate of drug-likeness (QED) is 0.384. The summed E-state index contributed by atoms with van der Waals surface area (Å²) < 4.78 is 0. The molecule has 138 valence electrons. The Morgan fingerprint density at radius 3 is 1.14 bits per heavy atom. The van der Waals surface area contributed by atoms with Gasteiger partial charge in [0.1, 0.15) is 0 Å². The van der Waals surface area contributed by atoms with Gasteiger partial charge in [-0.05, 0) is 72.5 Å². The van der Waals surface area contributed by atoms with Crippen molar-refractivity contribution in [2.24, 2.45) is 0 Å². The maximum absolute atomic E-state index is 3.48. The van der Waals surface area contributed by atoms with E-state index in [0.717, 1.165) is 22.7 Å². The summed E-state index contributed by atoms with van der Waals surface area (Å²) in [5, 5.41) is 6.97. The third-order valence-corrected chi connectivity index (χ3v) is 4.95. The Balaban J connectivity index is 1.47. The second-order valence-electron chi connectivity index (χ2n) is 7.03. The van der Waals surface area contributed by atoms with Crippen molar-refractivity contribution in [1.29, 1.82) is 0 Å². The summed E-state index contributed by atoms with van der Waals surface area (Å²) in [4.78, 5) is 0. The minimum Gasteiger partial charge on any atom is -0.355 e. The van der Waals surface area contributed by atoms with Crippen LogP contribution in [0.1, 0.15) is 11.1 Å². The summed E-state index contributed by atoms with van der Waals surface area (Å²) in [5.41, 5.74) is 9.36. The molecule has 0 spiro atoms. The zero-order valence-electron chi connectivity index (χ0n) is 16.2. The summed E-state index contributed by atoms with van der Waals surface area (Å²) in [7, 11) is 0. The monoisotopic (exact) mass is 364 g/mol. The van der Waals surface area contributed by atoms with Crippen molar-refractivity contribution >= 4 is 22.7 Å². The number of nitrogens with one attached hydrogen (secondary N) is 2. The first-order chi connectivity index (χ1) is 13.7. The lowest BCUT2D eigenvalue weighted by Crippen LogP contribution is -1.93. The van der Waals surface area contributed by atoms with E-state index in [-0.39, 0.29) is 0 Å². The first kappa shape index (κ1) is 17.9. The molecule has 0 unspecified atom stereocenters. The highest BCUT2D eigenvalue weighted by Crippen LogP contribution is 2.27. The van der Waals surface area contributed by atoms with Gasteiger partial charge in [0.05, 0.1) is 0 Å². The third-order valence-electron chi connectivity index (χ3n) is 4.95. The number of rotatable bonds is 5. The van der Waals surface area contributed by atoms with Crippen LogP contribution in [0.4, 0.5) is 22.7 Å². The van der Waals surface area contributed by atoms with Crippen molar-refractivity contribution in [3.63, 3.8) is 0 Å². The van der Waals surface area contributed by atoms with E-state index in [4.69, 9.17) is 0 Å². The van der Waals surface area contributed by atoms with Crippen LogP contribution in [0.2, 0.25) is 0 Å². The standard InChI is InChI=1S/C26H24N2/c1-19-7-3-5-9-25(19)27-23-15-11-21(12-16-23)22-13-17-24(18-14-22)28-26-10-6-4-8-20(26)2/h3-18,27-28H,1-2H3. The predicted molar refractivity (Wildman–Crippen MR) is 121 cm³/mol. The molecular formula is C26H24N2. The van der Waals surface area contributed by atoms with Gasteiger partial charge in [-0.15, -0.1) is 0 Å². The highest BCUT2D eigenvalue weighted by molar-refractivity contribution is 5.72. The Morgan fingerprint density at radius 1 is 0.429 bits per heavy atom. The molecule has 28 heavy (non-hydrogen) atoms. The second-order valence-corrected chi connectivity index (χ2v) is 7.03. The molecular weight excluding hydrogens is 340 g/mol. The minimum atomic E-state index is 1.09. The first-order valence-electron chi connectivity index (χ1n) is 9.55. The molecule has 0 aliphatic carbocycles. The van der Waals surface area contributed by atoms with Crippen LogP contribution in [0, 0.1) is 13.8 Å². The summed E-state index contributed by atoms with van der Waals surface area (Å²) in [6.07, 6.45) is 0. The lowest BCUT2D eigenvalue weighted by Gasteiger charge is -2.11. The Morgan fingerprint density at radius 2 is 0.786 bits per heavy atom. The fraction of sp³-hybridized carbons (Fsp3) is 0.0769. The lowest BCUT2D eigenvalue weighted by atomic mass is 10.0. The van der Waals surface area contributed by atoms with Crippen molar-refractivity contribution in [3.8, 4) is 11.1 Å². The normalized spacial score (nSPS) is 10.5. The van der Waals surface area contributed by atoms with E-state index in [0.29, 0.717) is 0 Å². The molecule has 0 radical (unpaired) electrons. The largest absolute Gasteiger partial charge is 0.355 e. The number of hydrogen-bond acceptors (Lipinski definition) is 2. The van der Waals surface area contributed by atoms with Crippen molar-refractivity contribution in [2.75, 3.05) is 10.6 Å². The molecule has 0 bridgehead atoms. The zero-order chi connectivity index (χ0) is 19.3. The molecule has 4 rings (SSSR count). The molecule has 2 N–H and O–H groups in total. The van der Waals surface area contributed by atoms with Gasteiger partial charge in [-0.25, -0.2) is 0 Å². The molecule has 2 nitrogen and oxygen atoms in total. The predicted octanol–water partition coefficient (Wildman–Crippen LogP) is 7.46. The van der Waals surface area contributed by atoms with Crippen LogP contribution in [0.15, 0.2) is 97.1 Å². The van der Waals surface area contributed by atoms with E-state index in [9.17, 15) is 0 Å². The highest BCUT2D eigenvalue weighted by Gasteiger charge is 2.02. The number of anilines is 4. The maximum atomic E-state index is 3.48. The van der Waals surface area contributed by atoms with Crippen molar-refractivity contribution < 1.29 is 0 Å². The molecule has 2 heteroatoms. The molecule has 0 amide bonds. The van der Waals surface area contributed by atoms with Crippen LogP contribution < -0.4 is 10.6 Å². The fourth-order valence-electron chi connectivity index (χ4n) is 3.23. The van der Waals surface area contributed by atoms with Crippen LogP contribution in [0.3, 0.4) is 0 Å². The van der Waals surface area contributed by atoms with Gasteiger partial charge >= 0.3 is 0 Å². The fourth-order valence-corrected chi connectivity index (χ4v) is 3.23. The molecule has 0 aliphatic rings. The SMILES string of the molecule is Cc1ccccc1Nc1ccc(-c2ccc(Nc3ccccc3C)cc2)cc1. The third kappa shape index (κ3) is 4.07. The molecule has 0 aromatic heterocycles. The summed E-state index contributed by atoms with van der Waals surface area (Å²) in [6.45, 7) is 4.23. The van der Waals surface area contributed by atoms with E-state index in [1.807, 2.05) is 0 Å². The van der Waals surface area contributed by atoms with Gasteiger partial charge in [-0.1, -0.05) is 60.7 Å². The van der Waals surface area contributed by atoms with Crippen molar-refractivity contribution in [2.45, 2.75) is 13.8 Å². The minimum absolute atomic E-state index is 1.09. The zero-order valence-corrected chi connectivity index (χ0v) is 16.2. The summed E-state index contributed by atoms with van der Waals surface area (Å²) in [6, 6.07) is 33.8. The second kappa shape index (κ2) is 8.01. The first-order valence-corrected chi connectivity index (χ1v) is 9.55. The van der Waals surface area contributed by atoms with Gasteiger partial charge in [0.25, 0.3) is 0 Å². The summed E-state index contributed by atoms with van der Waals surface area (Å²) in [5.74, 6) is 0. The van der Waals surface area contributed by atoms with Crippen LogP contribution in [0.25, 0.3) is 11.1 Å². The molecule has 0 atom stereocenters. The van der Waals surface area contributed by atoms with Gasteiger partial charge in [0.15, 0.2) is 0 Å². The van der Waals surface area contributed by atoms with Gasteiger partial charge in [0.2, 0.25) is 0 Å². The Hall–Kier alpha value is -3.52. The van der Waals surface area contributed by atoms with E-state index in [1.165, 1.54) is 22.3 Å². The average Bonchev–Trinajstić information content (AvgIpc) is 2.73. The summed E-state index contributed by atoms with van der Waals surface area (Å²) >= 11 is 0. The Labute approximate surface area is 166 Å². The smallest absolute Gasteiger partial charge is 0.0413 e. The van der Waals surface area contributed by atoms with Crippen molar-refractivity contribution in [1.82, 2.24) is 0 Å². The number of aryl methyl sites for hydroxylation is 2. The number of hydrogen-bond donors (Lipinski definition) is 2. The van der Waals surface area contributed by atoms with Gasteiger partial charge in [0, 0.05) is 22.7 Å². The van der Waals surface area contributed by atoms with Crippen LogP contribution in [-0.4, -0.2) is 0 Å². The van der Waals surface area contributed by atoms with Gasteiger partial charge in [-0.3, -0.25) is 0 Å². The van der Waals surface area contributed by atoms with E-state index >= 15 is 0 Å².